The van der Waals surface area contributed by atoms with Crippen molar-refractivity contribution in [3.63, 3.8) is 0 Å². The molecule has 1 atom stereocenters. The zero-order chi connectivity index (χ0) is 22.5. The molecule has 0 radical (unpaired) electrons. The smallest absolute Gasteiger partial charge is 0.338 e. The van der Waals surface area contributed by atoms with E-state index in [1.807, 2.05) is 0 Å². The molecule has 0 fully saturated rings. The highest BCUT2D eigenvalue weighted by molar-refractivity contribution is 7.89. The number of benzene rings is 2. The highest BCUT2D eigenvalue weighted by atomic mass is 35.5. The molecular formula is C20H22ClFN2O5S. The minimum atomic E-state index is -3.75. The summed E-state index contributed by atoms with van der Waals surface area (Å²) in [6.45, 7) is 5.36. The number of hydrogen-bond acceptors (Lipinski definition) is 5. The standard InChI is InChI=1S/C20H22ClFN2O5S/c1-4-24(5-2)30(27,28)16-8-6-7-14(11-16)20(26)29-13(3)19(25)23-18-10-9-15(22)12-17(18)21/h6-13H,4-5H2,1-3H3,(H,23,25)/t13-/m1/s1. The molecule has 10 heteroatoms. The van der Waals surface area contributed by atoms with Gasteiger partial charge < -0.3 is 10.1 Å². The summed E-state index contributed by atoms with van der Waals surface area (Å²) in [5.74, 6) is -2.10. The van der Waals surface area contributed by atoms with Gasteiger partial charge in [-0.15, -0.1) is 0 Å². The molecule has 7 nitrogen and oxygen atoms in total. The summed E-state index contributed by atoms with van der Waals surface area (Å²) in [7, 11) is -3.75. The lowest BCUT2D eigenvalue weighted by Crippen LogP contribution is -2.31. The fraction of sp³-hybridized carbons (Fsp3) is 0.300. The third-order valence-electron chi connectivity index (χ3n) is 4.25. The Bertz CT molecular complexity index is 1040. The lowest BCUT2D eigenvalue weighted by atomic mass is 10.2. The molecule has 162 valence electrons. The van der Waals surface area contributed by atoms with Gasteiger partial charge in [0.15, 0.2) is 6.10 Å². The van der Waals surface area contributed by atoms with Gasteiger partial charge in [0, 0.05) is 13.1 Å². The van der Waals surface area contributed by atoms with Crippen molar-refractivity contribution in [2.75, 3.05) is 18.4 Å². The summed E-state index contributed by atoms with van der Waals surface area (Å²) in [5, 5.41) is 2.44. The number of sulfonamides is 1. The van der Waals surface area contributed by atoms with Gasteiger partial charge in [-0.3, -0.25) is 4.79 Å². The van der Waals surface area contributed by atoms with Crippen molar-refractivity contribution in [2.24, 2.45) is 0 Å². The average Bonchev–Trinajstić information content (AvgIpc) is 2.70. The predicted molar refractivity (Wildman–Crippen MR) is 111 cm³/mol. The summed E-state index contributed by atoms with van der Waals surface area (Å²) in [4.78, 5) is 24.6. The number of carbonyl (C=O) groups excluding carboxylic acids is 2. The summed E-state index contributed by atoms with van der Waals surface area (Å²) in [5.41, 5.74) is 0.154. The van der Waals surface area contributed by atoms with E-state index < -0.39 is 33.8 Å². The molecule has 2 aromatic carbocycles. The number of rotatable bonds is 8. The van der Waals surface area contributed by atoms with Crippen molar-refractivity contribution in [1.29, 1.82) is 0 Å². The van der Waals surface area contributed by atoms with Crippen LogP contribution in [0, 0.1) is 5.82 Å². The number of esters is 1. The van der Waals surface area contributed by atoms with E-state index in [-0.39, 0.29) is 34.3 Å². The molecule has 30 heavy (non-hydrogen) atoms. The Morgan fingerprint density at radius 3 is 2.43 bits per heavy atom. The molecule has 0 unspecified atom stereocenters. The van der Waals surface area contributed by atoms with Gasteiger partial charge in [0.05, 0.1) is 21.2 Å². The molecule has 2 rings (SSSR count). The Labute approximate surface area is 179 Å². The summed E-state index contributed by atoms with van der Waals surface area (Å²) in [6, 6.07) is 8.86. The fourth-order valence-electron chi connectivity index (χ4n) is 2.60. The van der Waals surface area contributed by atoms with Crippen LogP contribution in [-0.2, 0) is 19.6 Å². The Kier molecular flexibility index (Phi) is 7.94. The van der Waals surface area contributed by atoms with Crippen LogP contribution in [0.15, 0.2) is 47.4 Å². The number of halogens is 2. The molecular weight excluding hydrogens is 435 g/mol. The second kappa shape index (κ2) is 10.0. The van der Waals surface area contributed by atoms with E-state index in [9.17, 15) is 22.4 Å². The van der Waals surface area contributed by atoms with Crippen LogP contribution in [0.5, 0.6) is 0 Å². The zero-order valence-corrected chi connectivity index (χ0v) is 18.3. The number of amides is 1. The van der Waals surface area contributed by atoms with Crippen LogP contribution in [0.4, 0.5) is 10.1 Å². The van der Waals surface area contributed by atoms with Crippen LogP contribution >= 0.6 is 11.6 Å². The van der Waals surface area contributed by atoms with Crippen LogP contribution in [0.25, 0.3) is 0 Å². The van der Waals surface area contributed by atoms with Crippen molar-refractivity contribution in [1.82, 2.24) is 4.31 Å². The van der Waals surface area contributed by atoms with Gasteiger partial charge in [-0.1, -0.05) is 31.5 Å². The lowest BCUT2D eigenvalue weighted by Gasteiger charge is -2.19. The van der Waals surface area contributed by atoms with Gasteiger partial charge in [0.25, 0.3) is 5.91 Å². The van der Waals surface area contributed by atoms with Crippen molar-refractivity contribution in [3.05, 3.63) is 58.9 Å². The zero-order valence-electron chi connectivity index (χ0n) is 16.7. The van der Waals surface area contributed by atoms with E-state index in [0.717, 1.165) is 12.1 Å². The summed E-state index contributed by atoms with van der Waals surface area (Å²) >= 11 is 5.87. The number of anilines is 1. The molecule has 0 bridgehead atoms. The number of hydrogen-bond donors (Lipinski definition) is 1. The Morgan fingerprint density at radius 1 is 1.17 bits per heavy atom. The number of ether oxygens (including phenoxy) is 1. The fourth-order valence-corrected chi connectivity index (χ4v) is 4.32. The van der Waals surface area contributed by atoms with Crippen LogP contribution in [0.3, 0.4) is 0 Å². The number of nitrogens with zero attached hydrogens (tertiary/aromatic N) is 1. The maximum Gasteiger partial charge on any atom is 0.338 e. The van der Waals surface area contributed by atoms with Gasteiger partial charge in [0.2, 0.25) is 10.0 Å². The van der Waals surface area contributed by atoms with Crippen molar-refractivity contribution < 1.29 is 27.1 Å². The third-order valence-corrected chi connectivity index (χ3v) is 6.61. The van der Waals surface area contributed by atoms with Crippen LogP contribution in [0.2, 0.25) is 5.02 Å². The Morgan fingerprint density at radius 2 is 1.83 bits per heavy atom. The van der Waals surface area contributed by atoms with E-state index in [1.54, 1.807) is 13.8 Å². The number of nitrogens with one attached hydrogen (secondary N) is 1. The first-order valence-corrected chi connectivity index (χ1v) is 11.0. The van der Waals surface area contributed by atoms with E-state index in [1.165, 1.54) is 41.6 Å². The van der Waals surface area contributed by atoms with Gasteiger partial charge in [-0.25, -0.2) is 17.6 Å². The molecule has 0 aliphatic carbocycles. The van der Waals surface area contributed by atoms with Crippen LogP contribution in [-0.4, -0.2) is 43.8 Å². The Balaban J connectivity index is 2.13. The molecule has 0 saturated carbocycles. The van der Waals surface area contributed by atoms with Gasteiger partial charge in [-0.05, 0) is 43.3 Å². The molecule has 0 aromatic heterocycles. The van der Waals surface area contributed by atoms with Crippen LogP contribution < -0.4 is 5.32 Å². The molecule has 0 spiro atoms. The van der Waals surface area contributed by atoms with E-state index in [0.29, 0.717) is 0 Å². The maximum atomic E-state index is 13.1. The summed E-state index contributed by atoms with van der Waals surface area (Å²) < 4.78 is 44.8. The minimum Gasteiger partial charge on any atom is -0.449 e. The second-order valence-corrected chi connectivity index (χ2v) is 8.62. The first-order chi connectivity index (χ1) is 14.1. The maximum absolute atomic E-state index is 13.1. The van der Waals surface area contributed by atoms with E-state index in [4.69, 9.17) is 16.3 Å². The molecule has 0 saturated heterocycles. The molecule has 1 amide bonds. The highest BCUT2D eigenvalue weighted by Crippen LogP contribution is 2.23. The SMILES string of the molecule is CCN(CC)S(=O)(=O)c1cccc(C(=O)O[C@H](C)C(=O)Nc2ccc(F)cc2Cl)c1. The highest BCUT2D eigenvalue weighted by Gasteiger charge is 2.24. The Hall–Kier alpha value is -2.49. The molecule has 0 aliphatic heterocycles. The van der Waals surface area contributed by atoms with E-state index >= 15 is 0 Å². The lowest BCUT2D eigenvalue weighted by molar-refractivity contribution is -0.123. The van der Waals surface area contributed by atoms with Crippen LogP contribution in [0.1, 0.15) is 31.1 Å². The molecule has 0 heterocycles. The minimum absolute atomic E-state index is 0.00353. The summed E-state index contributed by atoms with van der Waals surface area (Å²) in [6.07, 6.45) is -1.21. The third kappa shape index (κ3) is 5.56. The average molecular weight is 457 g/mol. The normalized spacial score (nSPS) is 12.5. The quantitative estimate of drug-likeness (QED) is 0.611. The molecule has 2 aromatic rings. The van der Waals surface area contributed by atoms with E-state index in [2.05, 4.69) is 5.32 Å². The van der Waals surface area contributed by atoms with Gasteiger partial charge >= 0.3 is 5.97 Å². The largest absolute Gasteiger partial charge is 0.449 e. The predicted octanol–water partition coefficient (Wildman–Crippen LogP) is 3.69. The van der Waals surface area contributed by atoms with Gasteiger partial charge in [0.1, 0.15) is 5.82 Å². The molecule has 1 N–H and O–H groups in total. The van der Waals surface area contributed by atoms with Gasteiger partial charge in [-0.2, -0.15) is 4.31 Å². The number of carbonyl (C=O) groups is 2. The van der Waals surface area contributed by atoms with Crippen molar-refractivity contribution >= 4 is 39.2 Å². The first kappa shape index (κ1) is 23.8. The first-order valence-electron chi connectivity index (χ1n) is 9.17. The topological polar surface area (TPSA) is 92.8 Å². The molecule has 0 aliphatic rings. The second-order valence-electron chi connectivity index (χ2n) is 6.28. The van der Waals surface area contributed by atoms with Crippen molar-refractivity contribution in [2.45, 2.75) is 31.8 Å². The van der Waals surface area contributed by atoms with Crippen molar-refractivity contribution in [3.8, 4) is 0 Å². The monoisotopic (exact) mass is 456 g/mol.